The standard InChI is InChI=1S/C15H25N3O2.HI/c1-4-20-11-14-8-6-5-7-13(14)9-17-15(16)18-12(2)10-19-3;/h5-8,12H,4,9-11H2,1-3H3,(H3,16,17,18);1H. The van der Waals surface area contributed by atoms with E-state index in [0.717, 1.165) is 11.1 Å². The van der Waals surface area contributed by atoms with Crippen molar-refractivity contribution >= 4 is 29.9 Å². The van der Waals surface area contributed by atoms with Crippen molar-refractivity contribution in [1.82, 2.24) is 5.32 Å². The van der Waals surface area contributed by atoms with Gasteiger partial charge in [-0.2, -0.15) is 0 Å². The maximum Gasteiger partial charge on any atom is 0.189 e. The molecular weight excluding hydrogens is 381 g/mol. The quantitative estimate of drug-likeness (QED) is 0.394. The molecule has 120 valence electrons. The van der Waals surface area contributed by atoms with Crippen LogP contribution in [0.1, 0.15) is 25.0 Å². The molecule has 0 heterocycles. The summed E-state index contributed by atoms with van der Waals surface area (Å²) < 4.78 is 10.5. The lowest BCUT2D eigenvalue weighted by atomic mass is 10.1. The summed E-state index contributed by atoms with van der Waals surface area (Å²) in [6, 6.07) is 8.24. The van der Waals surface area contributed by atoms with E-state index in [4.69, 9.17) is 15.2 Å². The number of ether oxygens (including phenoxy) is 2. The van der Waals surface area contributed by atoms with Crippen LogP contribution in [0.2, 0.25) is 0 Å². The molecule has 0 saturated carbocycles. The van der Waals surface area contributed by atoms with E-state index in [1.165, 1.54) is 0 Å². The summed E-state index contributed by atoms with van der Waals surface area (Å²) in [4.78, 5) is 4.36. The first-order valence-electron chi connectivity index (χ1n) is 6.87. The number of nitrogens with zero attached hydrogens (tertiary/aromatic N) is 1. The molecule has 0 spiro atoms. The van der Waals surface area contributed by atoms with Crippen molar-refractivity contribution in [3.05, 3.63) is 35.4 Å². The number of benzene rings is 1. The predicted molar refractivity (Wildman–Crippen MR) is 97.0 cm³/mol. The van der Waals surface area contributed by atoms with Crippen molar-refractivity contribution in [3.8, 4) is 0 Å². The topological polar surface area (TPSA) is 68.9 Å². The minimum atomic E-state index is 0. The fourth-order valence-corrected chi connectivity index (χ4v) is 1.82. The summed E-state index contributed by atoms with van der Waals surface area (Å²) in [6.07, 6.45) is 0. The molecule has 3 N–H and O–H groups in total. The largest absolute Gasteiger partial charge is 0.383 e. The minimum Gasteiger partial charge on any atom is -0.383 e. The molecule has 0 bridgehead atoms. The highest BCUT2D eigenvalue weighted by Crippen LogP contribution is 2.11. The van der Waals surface area contributed by atoms with Crippen LogP contribution in [-0.2, 0) is 22.6 Å². The summed E-state index contributed by atoms with van der Waals surface area (Å²) >= 11 is 0. The van der Waals surface area contributed by atoms with Gasteiger partial charge in [0.15, 0.2) is 5.96 Å². The van der Waals surface area contributed by atoms with Crippen LogP contribution in [0.25, 0.3) is 0 Å². The zero-order chi connectivity index (χ0) is 14.8. The third kappa shape index (κ3) is 8.23. The number of aliphatic imine (C=N–C) groups is 1. The second-order valence-corrected chi connectivity index (χ2v) is 4.61. The highest BCUT2D eigenvalue weighted by molar-refractivity contribution is 14.0. The molecule has 0 fully saturated rings. The fourth-order valence-electron chi connectivity index (χ4n) is 1.82. The van der Waals surface area contributed by atoms with E-state index in [1.807, 2.05) is 32.0 Å². The van der Waals surface area contributed by atoms with E-state index in [1.54, 1.807) is 7.11 Å². The molecule has 0 aliphatic rings. The molecule has 1 aromatic carbocycles. The van der Waals surface area contributed by atoms with Crippen LogP contribution >= 0.6 is 24.0 Å². The molecule has 0 aliphatic heterocycles. The summed E-state index contributed by atoms with van der Waals surface area (Å²) in [5, 5.41) is 3.09. The average Bonchev–Trinajstić information content (AvgIpc) is 2.44. The molecule has 5 nitrogen and oxygen atoms in total. The van der Waals surface area contributed by atoms with E-state index >= 15 is 0 Å². The van der Waals surface area contributed by atoms with Crippen LogP contribution in [-0.4, -0.2) is 32.3 Å². The van der Waals surface area contributed by atoms with Gasteiger partial charge in [0, 0.05) is 19.8 Å². The highest BCUT2D eigenvalue weighted by atomic mass is 127. The smallest absolute Gasteiger partial charge is 0.189 e. The Morgan fingerprint density at radius 1 is 1.33 bits per heavy atom. The van der Waals surface area contributed by atoms with Crippen LogP contribution in [0, 0.1) is 0 Å². The fraction of sp³-hybridized carbons (Fsp3) is 0.533. The number of methoxy groups -OCH3 is 1. The number of nitrogens with one attached hydrogen (secondary N) is 1. The Bertz CT molecular complexity index is 427. The Labute approximate surface area is 144 Å². The van der Waals surface area contributed by atoms with Gasteiger partial charge in [-0.15, -0.1) is 24.0 Å². The minimum absolute atomic E-state index is 0. The van der Waals surface area contributed by atoms with Crippen LogP contribution in [0.3, 0.4) is 0 Å². The summed E-state index contributed by atoms with van der Waals surface area (Å²) in [5.41, 5.74) is 8.13. The van der Waals surface area contributed by atoms with Crippen molar-refractivity contribution in [2.75, 3.05) is 20.3 Å². The van der Waals surface area contributed by atoms with Gasteiger partial charge in [0.2, 0.25) is 0 Å². The monoisotopic (exact) mass is 407 g/mol. The number of nitrogens with two attached hydrogens (primary N) is 1. The second-order valence-electron chi connectivity index (χ2n) is 4.61. The van der Waals surface area contributed by atoms with Crippen molar-refractivity contribution in [2.24, 2.45) is 10.7 Å². The molecule has 1 aromatic rings. The first-order valence-corrected chi connectivity index (χ1v) is 6.87. The lowest BCUT2D eigenvalue weighted by Gasteiger charge is -2.13. The lowest BCUT2D eigenvalue weighted by molar-refractivity contribution is 0.133. The first-order chi connectivity index (χ1) is 9.67. The van der Waals surface area contributed by atoms with Crippen LogP contribution in [0.5, 0.6) is 0 Å². The molecule has 0 aliphatic carbocycles. The summed E-state index contributed by atoms with van der Waals surface area (Å²) in [5.74, 6) is 0.431. The Hall–Kier alpha value is -0.860. The van der Waals surface area contributed by atoms with Crippen LogP contribution in [0.4, 0.5) is 0 Å². The number of guanidine groups is 1. The zero-order valence-corrected chi connectivity index (χ0v) is 15.3. The van der Waals surface area contributed by atoms with Gasteiger partial charge in [-0.3, -0.25) is 0 Å². The van der Waals surface area contributed by atoms with Gasteiger partial charge in [0.1, 0.15) is 0 Å². The van der Waals surface area contributed by atoms with Crippen molar-refractivity contribution < 1.29 is 9.47 Å². The van der Waals surface area contributed by atoms with Crippen molar-refractivity contribution in [2.45, 2.75) is 33.0 Å². The van der Waals surface area contributed by atoms with Crippen molar-refractivity contribution in [3.63, 3.8) is 0 Å². The van der Waals surface area contributed by atoms with E-state index in [-0.39, 0.29) is 30.0 Å². The van der Waals surface area contributed by atoms with Crippen molar-refractivity contribution in [1.29, 1.82) is 0 Å². The molecule has 1 rings (SSSR count). The van der Waals surface area contributed by atoms with Gasteiger partial charge >= 0.3 is 0 Å². The Kier molecular flexibility index (Phi) is 11.3. The molecule has 21 heavy (non-hydrogen) atoms. The van der Waals surface area contributed by atoms with E-state index in [9.17, 15) is 0 Å². The molecule has 6 heteroatoms. The maximum absolute atomic E-state index is 5.86. The normalized spacial score (nSPS) is 12.6. The first kappa shape index (κ1) is 20.1. The number of hydrogen-bond donors (Lipinski definition) is 2. The van der Waals surface area contributed by atoms with E-state index in [0.29, 0.717) is 32.3 Å². The second kappa shape index (κ2) is 11.8. The molecule has 0 radical (unpaired) electrons. The van der Waals surface area contributed by atoms with Gasteiger partial charge < -0.3 is 20.5 Å². The zero-order valence-electron chi connectivity index (χ0n) is 13.0. The average molecular weight is 407 g/mol. The molecular formula is C15H26IN3O2. The van der Waals surface area contributed by atoms with Crippen LogP contribution < -0.4 is 11.1 Å². The lowest BCUT2D eigenvalue weighted by Crippen LogP contribution is -2.40. The van der Waals surface area contributed by atoms with Gasteiger partial charge in [0.25, 0.3) is 0 Å². The maximum atomic E-state index is 5.86. The Morgan fingerprint density at radius 2 is 2.00 bits per heavy atom. The van der Waals surface area contributed by atoms with Crippen LogP contribution in [0.15, 0.2) is 29.3 Å². The molecule has 1 atom stereocenters. The predicted octanol–water partition coefficient (Wildman–Crippen LogP) is 2.28. The third-order valence-electron chi connectivity index (χ3n) is 2.81. The Morgan fingerprint density at radius 3 is 2.62 bits per heavy atom. The summed E-state index contributed by atoms with van der Waals surface area (Å²) in [7, 11) is 1.66. The number of halogens is 1. The molecule has 1 unspecified atom stereocenters. The van der Waals surface area contributed by atoms with Gasteiger partial charge in [-0.05, 0) is 25.0 Å². The van der Waals surface area contributed by atoms with Gasteiger partial charge in [-0.1, -0.05) is 24.3 Å². The molecule has 0 aromatic heterocycles. The van der Waals surface area contributed by atoms with E-state index < -0.39 is 0 Å². The summed E-state index contributed by atoms with van der Waals surface area (Å²) in [6.45, 7) is 6.43. The molecule has 0 saturated heterocycles. The third-order valence-corrected chi connectivity index (χ3v) is 2.81. The van der Waals surface area contributed by atoms with Gasteiger partial charge in [-0.25, -0.2) is 4.99 Å². The SMILES string of the molecule is CCOCc1ccccc1CN=C(N)NC(C)COC.I. The Balaban J connectivity index is 0.00000400. The van der Waals surface area contributed by atoms with E-state index in [2.05, 4.69) is 16.4 Å². The van der Waals surface area contributed by atoms with Gasteiger partial charge in [0.05, 0.1) is 19.8 Å². The number of rotatable bonds is 8. The highest BCUT2D eigenvalue weighted by Gasteiger charge is 2.03. The number of hydrogen-bond acceptors (Lipinski definition) is 3. The molecule has 0 amide bonds.